The Labute approximate surface area is 181 Å². The predicted octanol–water partition coefficient (Wildman–Crippen LogP) is 2.84. The van der Waals surface area contributed by atoms with E-state index in [1.807, 2.05) is 38.1 Å². The second kappa shape index (κ2) is 11.0. The van der Waals surface area contributed by atoms with Gasteiger partial charge in [0.1, 0.15) is 11.8 Å². The molecule has 0 radical (unpaired) electrons. The molecule has 0 spiro atoms. The predicted molar refractivity (Wildman–Crippen MR) is 115 cm³/mol. The first-order chi connectivity index (χ1) is 14.8. The van der Waals surface area contributed by atoms with Gasteiger partial charge in [-0.05, 0) is 30.5 Å². The number of nitrogens with one attached hydrogen (secondary N) is 1. The molecule has 0 aromatic heterocycles. The Bertz CT molecular complexity index is 947. The molecule has 0 aliphatic heterocycles. The minimum absolute atomic E-state index is 0.0310. The number of nitro benzene ring substituents is 1. The lowest BCUT2D eigenvalue weighted by Gasteiger charge is -2.30. The van der Waals surface area contributed by atoms with Gasteiger partial charge in [0.2, 0.25) is 11.7 Å². The summed E-state index contributed by atoms with van der Waals surface area (Å²) < 4.78 is 10.6. The molecule has 0 aliphatic rings. The monoisotopic (exact) mass is 429 g/mol. The lowest BCUT2D eigenvalue weighted by molar-refractivity contribution is -0.385. The first-order valence-electron chi connectivity index (χ1n) is 9.83. The van der Waals surface area contributed by atoms with Gasteiger partial charge >= 0.3 is 5.69 Å². The van der Waals surface area contributed by atoms with Crippen LogP contribution in [0, 0.1) is 17.0 Å². The fourth-order valence-corrected chi connectivity index (χ4v) is 3.18. The van der Waals surface area contributed by atoms with Crippen LogP contribution in [0.3, 0.4) is 0 Å². The number of hydrogen-bond acceptors (Lipinski definition) is 6. The molecule has 2 aromatic carbocycles. The van der Waals surface area contributed by atoms with E-state index in [4.69, 9.17) is 9.47 Å². The van der Waals surface area contributed by atoms with Gasteiger partial charge in [-0.3, -0.25) is 19.7 Å². The number of nitrogens with zero attached hydrogens (tertiary/aromatic N) is 2. The van der Waals surface area contributed by atoms with Crippen molar-refractivity contribution in [2.24, 2.45) is 0 Å². The largest absolute Gasteiger partial charge is 0.490 e. The van der Waals surface area contributed by atoms with Crippen molar-refractivity contribution in [1.29, 1.82) is 0 Å². The summed E-state index contributed by atoms with van der Waals surface area (Å²) >= 11 is 0. The van der Waals surface area contributed by atoms with Gasteiger partial charge in [0.25, 0.3) is 5.91 Å². The van der Waals surface area contributed by atoms with Gasteiger partial charge in [-0.25, -0.2) is 0 Å². The number of rotatable bonds is 10. The lowest BCUT2D eigenvalue weighted by Crippen LogP contribution is -2.49. The van der Waals surface area contributed by atoms with E-state index >= 15 is 0 Å². The number of benzene rings is 2. The van der Waals surface area contributed by atoms with Crippen LogP contribution in [-0.2, 0) is 16.1 Å². The van der Waals surface area contributed by atoms with E-state index in [1.54, 1.807) is 0 Å². The van der Waals surface area contributed by atoms with Crippen molar-refractivity contribution >= 4 is 17.5 Å². The van der Waals surface area contributed by atoms with Crippen molar-refractivity contribution in [1.82, 2.24) is 10.2 Å². The summed E-state index contributed by atoms with van der Waals surface area (Å²) in [5.41, 5.74) is 1.73. The molecule has 0 fully saturated rings. The zero-order valence-corrected chi connectivity index (χ0v) is 18.1. The highest BCUT2D eigenvalue weighted by Gasteiger charge is 2.28. The number of ether oxygens (including phenoxy) is 2. The van der Waals surface area contributed by atoms with Gasteiger partial charge in [0, 0.05) is 25.7 Å². The minimum atomic E-state index is -0.660. The molecule has 0 saturated carbocycles. The lowest BCUT2D eigenvalue weighted by atomic mass is 10.1. The molecule has 1 N–H and O–H groups in total. The number of nitro groups is 1. The van der Waals surface area contributed by atoms with Gasteiger partial charge in [-0.1, -0.05) is 31.2 Å². The fourth-order valence-electron chi connectivity index (χ4n) is 3.18. The second-order valence-corrected chi connectivity index (χ2v) is 6.87. The first kappa shape index (κ1) is 23.7. The molecule has 9 heteroatoms. The number of aryl methyl sites for hydroxylation is 1. The van der Waals surface area contributed by atoms with Crippen molar-refractivity contribution in [2.75, 3.05) is 20.8 Å². The van der Waals surface area contributed by atoms with Crippen molar-refractivity contribution in [3.63, 3.8) is 0 Å². The fraction of sp³-hybridized carbons (Fsp3) is 0.364. The average Bonchev–Trinajstić information content (AvgIpc) is 2.77. The molecule has 9 nitrogen and oxygen atoms in total. The molecule has 0 saturated heterocycles. The Balaban J connectivity index is 2.23. The molecule has 1 unspecified atom stereocenters. The van der Waals surface area contributed by atoms with Gasteiger partial charge in [-0.2, -0.15) is 0 Å². The summed E-state index contributed by atoms with van der Waals surface area (Å²) in [6.45, 7) is 3.70. The van der Waals surface area contributed by atoms with E-state index in [0.29, 0.717) is 6.42 Å². The molecule has 2 amide bonds. The Morgan fingerprint density at radius 1 is 1.23 bits per heavy atom. The SMILES string of the molecule is CCC(C(=O)NC)N(Cc1ccccc1C)C(=O)COc1ccc([N+](=O)[O-])c(OC)c1. The van der Waals surface area contributed by atoms with Crippen LogP contribution in [0.15, 0.2) is 42.5 Å². The summed E-state index contributed by atoms with van der Waals surface area (Å²) in [5, 5.41) is 13.6. The average molecular weight is 429 g/mol. The number of carbonyl (C=O) groups excluding carboxylic acids is 2. The Morgan fingerprint density at radius 2 is 1.94 bits per heavy atom. The molecule has 2 aromatic rings. The third-order valence-corrected chi connectivity index (χ3v) is 4.94. The molecule has 0 bridgehead atoms. The third kappa shape index (κ3) is 5.94. The van der Waals surface area contributed by atoms with Crippen LogP contribution in [0.4, 0.5) is 5.69 Å². The van der Waals surface area contributed by atoms with Crippen LogP contribution in [0.1, 0.15) is 24.5 Å². The van der Waals surface area contributed by atoms with E-state index in [-0.39, 0.29) is 42.2 Å². The standard InChI is InChI=1S/C22H27N3O6/c1-5-18(22(27)23-3)24(13-16-9-7-6-8-15(16)2)21(26)14-31-17-10-11-19(25(28)29)20(12-17)30-4/h6-12,18H,5,13-14H2,1-4H3,(H,23,27). The molecular formula is C22H27N3O6. The molecule has 2 rings (SSSR count). The summed E-state index contributed by atoms with van der Waals surface area (Å²) in [6, 6.07) is 11.0. The second-order valence-electron chi connectivity index (χ2n) is 6.87. The Kier molecular flexibility index (Phi) is 8.36. The molecule has 0 aliphatic carbocycles. The summed E-state index contributed by atoms with van der Waals surface area (Å²) in [4.78, 5) is 37.4. The van der Waals surface area contributed by atoms with E-state index < -0.39 is 11.0 Å². The Hall–Kier alpha value is -3.62. The maximum atomic E-state index is 13.1. The summed E-state index contributed by atoms with van der Waals surface area (Å²) in [6.07, 6.45) is 0.433. The van der Waals surface area contributed by atoms with Crippen LogP contribution in [0.25, 0.3) is 0 Å². The van der Waals surface area contributed by atoms with Crippen molar-refractivity contribution in [2.45, 2.75) is 32.9 Å². The normalized spacial score (nSPS) is 11.4. The molecule has 1 atom stereocenters. The smallest absolute Gasteiger partial charge is 0.311 e. The van der Waals surface area contributed by atoms with Gasteiger partial charge in [0.15, 0.2) is 6.61 Å². The van der Waals surface area contributed by atoms with E-state index in [9.17, 15) is 19.7 Å². The highest BCUT2D eigenvalue weighted by molar-refractivity contribution is 5.88. The molecular weight excluding hydrogens is 402 g/mol. The van der Waals surface area contributed by atoms with E-state index in [0.717, 1.165) is 11.1 Å². The highest BCUT2D eigenvalue weighted by Crippen LogP contribution is 2.30. The topological polar surface area (TPSA) is 111 Å². The number of amides is 2. The van der Waals surface area contributed by atoms with Gasteiger partial charge < -0.3 is 19.7 Å². The summed E-state index contributed by atoms with van der Waals surface area (Å²) in [5.74, 6) is -0.361. The number of carbonyl (C=O) groups is 2. The molecule has 0 heterocycles. The van der Waals surface area contributed by atoms with Gasteiger partial charge in [-0.15, -0.1) is 0 Å². The van der Waals surface area contributed by atoms with Gasteiger partial charge in [0.05, 0.1) is 12.0 Å². The third-order valence-electron chi connectivity index (χ3n) is 4.94. The van der Waals surface area contributed by atoms with E-state index in [1.165, 1.54) is 37.3 Å². The van der Waals surface area contributed by atoms with Crippen LogP contribution < -0.4 is 14.8 Å². The van der Waals surface area contributed by atoms with Crippen molar-refractivity contribution in [3.8, 4) is 11.5 Å². The minimum Gasteiger partial charge on any atom is -0.490 e. The highest BCUT2D eigenvalue weighted by atomic mass is 16.6. The zero-order chi connectivity index (χ0) is 23.0. The maximum Gasteiger partial charge on any atom is 0.311 e. The molecule has 166 valence electrons. The van der Waals surface area contributed by atoms with E-state index in [2.05, 4.69) is 5.32 Å². The quantitative estimate of drug-likeness (QED) is 0.459. The first-order valence-corrected chi connectivity index (χ1v) is 9.83. The summed E-state index contributed by atoms with van der Waals surface area (Å²) in [7, 11) is 2.84. The number of methoxy groups -OCH3 is 1. The molecule has 31 heavy (non-hydrogen) atoms. The van der Waals surface area contributed by atoms with Crippen molar-refractivity contribution in [3.05, 3.63) is 63.7 Å². The zero-order valence-electron chi connectivity index (χ0n) is 18.1. The van der Waals surface area contributed by atoms with Crippen LogP contribution in [0.2, 0.25) is 0 Å². The van der Waals surface area contributed by atoms with Crippen LogP contribution in [0.5, 0.6) is 11.5 Å². The maximum absolute atomic E-state index is 13.1. The number of hydrogen-bond donors (Lipinski definition) is 1. The van der Waals surface area contributed by atoms with Crippen LogP contribution in [-0.4, -0.2) is 48.4 Å². The van der Waals surface area contributed by atoms with Crippen LogP contribution >= 0.6 is 0 Å². The Morgan fingerprint density at radius 3 is 2.52 bits per heavy atom. The number of likely N-dealkylation sites (N-methyl/N-ethyl adjacent to an activating group) is 1. The van der Waals surface area contributed by atoms with Crippen molar-refractivity contribution < 1.29 is 24.0 Å².